The molecule has 2 aliphatic rings. The van der Waals surface area contributed by atoms with Gasteiger partial charge in [-0.3, -0.25) is 0 Å². The van der Waals surface area contributed by atoms with Crippen LogP contribution in [0, 0.1) is 5.92 Å². The Morgan fingerprint density at radius 1 is 0.868 bits per heavy atom. The maximum absolute atomic E-state index is 7.38. The number of hydrogen-bond acceptors (Lipinski definition) is 9. The van der Waals surface area contributed by atoms with Crippen LogP contribution >= 0.6 is 0 Å². The molecule has 0 N–H and O–H groups in total. The fourth-order valence-corrected chi connectivity index (χ4v) is 17.1. The van der Waals surface area contributed by atoms with E-state index in [0.717, 1.165) is 5.69 Å². The Balaban J connectivity index is 2.10. The van der Waals surface area contributed by atoms with Crippen molar-refractivity contribution in [1.29, 1.82) is 0 Å². The van der Waals surface area contributed by atoms with Gasteiger partial charge in [0.05, 0.1) is 38.7 Å². The Morgan fingerprint density at radius 3 is 1.97 bits per heavy atom. The SMILES string of the molecule is COc1cc(C[C@@H]2[C@H](OC(C)C)O[C@@H]3CO[Si](C(C)C)(C(C)C)O[Si](C(C)C)(C(C)C)O[C@@H]23)nc(OC)n1. The summed E-state index contributed by atoms with van der Waals surface area (Å²) in [5, 5.41) is 0. The molecule has 38 heavy (non-hydrogen) atoms. The molecule has 1 aromatic rings. The summed E-state index contributed by atoms with van der Waals surface area (Å²) < 4.78 is 45.4. The van der Waals surface area contributed by atoms with E-state index < -0.39 is 23.4 Å². The molecule has 0 saturated carbocycles. The highest BCUT2D eigenvalue weighted by Gasteiger charge is 2.61. The number of methoxy groups -OCH3 is 2. The molecule has 0 aliphatic carbocycles. The molecule has 2 aliphatic heterocycles. The minimum atomic E-state index is -2.81. The lowest BCUT2D eigenvalue weighted by atomic mass is 9.95. The Kier molecular flexibility index (Phi) is 10.4. The van der Waals surface area contributed by atoms with Crippen LogP contribution in [0.3, 0.4) is 0 Å². The highest BCUT2D eigenvalue weighted by Crippen LogP contribution is 2.49. The summed E-state index contributed by atoms with van der Waals surface area (Å²) in [6.45, 7) is 22.3. The van der Waals surface area contributed by atoms with E-state index in [1.165, 1.54) is 0 Å². The third-order valence-electron chi connectivity index (χ3n) is 7.76. The van der Waals surface area contributed by atoms with E-state index in [2.05, 4.69) is 65.4 Å². The summed E-state index contributed by atoms with van der Waals surface area (Å²) >= 11 is 0. The lowest BCUT2D eigenvalue weighted by Gasteiger charge is -2.51. The number of aromatic nitrogens is 2. The Hall–Kier alpha value is -1.09. The van der Waals surface area contributed by atoms with Gasteiger partial charge in [-0.1, -0.05) is 55.4 Å². The molecule has 0 bridgehead atoms. The van der Waals surface area contributed by atoms with E-state index in [-0.39, 0.29) is 52.4 Å². The van der Waals surface area contributed by atoms with Crippen LogP contribution in [0.5, 0.6) is 11.9 Å². The van der Waals surface area contributed by atoms with E-state index in [4.69, 9.17) is 31.9 Å². The van der Waals surface area contributed by atoms with Crippen molar-refractivity contribution in [2.75, 3.05) is 20.8 Å². The average Bonchev–Trinajstić information content (AvgIpc) is 3.12. The molecule has 2 fully saturated rings. The first-order chi connectivity index (χ1) is 17.8. The number of nitrogens with zero attached hydrogens (tertiary/aromatic N) is 2. The van der Waals surface area contributed by atoms with Gasteiger partial charge in [-0.05, 0) is 36.0 Å². The summed E-state index contributed by atoms with van der Waals surface area (Å²) in [6.07, 6.45) is -0.485. The largest absolute Gasteiger partial charge is 0.481 e. The minimum Gasteiger partial charge on any atom is -0.481 e. The number of rotatable bonds is 10. The van der Waals surface area contributed by atoms with Crippen molar-refractivity contribution >= 4 is 17.1 Å². The second kappa shape index (κ2) is 12.6. The zero-order valence-corrected chi connectivity index (χ0v) is 27.4. The Bertz CT molecular complexity index is 877. The van der Waals surface area contributed by atoms with Crippen molar-refractivity contribution in [3.8, 4) is 11.9 Å². The predicted molar refractivity (Wildman–Crippen MR) is 151 cm³/mol. The third kappa shape index (κ3) is 6.29. The van der Waals surface area contributed by atoms with Gasteiger partial charge < -0.3 is 31.9 Å². The van der Waals surface area contributed by atoms with Crippen LogP contribution in [0.4, 0.5) is 0 Å². The maximum Gasteiger partial charge on any atom is 0.335 e. The molecule has 0 radical (unpaired) electrons. The first kappa shape index (κ1) is 31.4. The summed E-state index contributed by atoms with van der Waals surface area (Å²) in [5.41, 5.74) is 1.77. The number of ether oxygens (including phenoxy) is 4. The molecule has 218 valence electrons. The van der Waals surface area contributed by atoms with E-state index in [1.807, 2.05) is 19.9 Å². The van der Waals surface area contributed by atoms with Crippen molar-refractivity contribution in [3.63, 3.8) is 0 Å². The van der Waals surface area contributed by atoms with Crippen molar-refractivity contribution in [2.24, 2.45) is 5.92 Å². The van der Waals surface area contributed by atoms with Crippen LogP contribution in [0.25, 0.3) is 0 Å². The van der Waals surface area contributed by atoms with Crippen LogP contribution in [-0.4, -0.2) is 72.5 Å². The molecule has 2 saturated heterocycles. The van der Waals surface area contributed by atoms with Gasteiger partial charge >= 0.3 is 23.1 Å². The van der Waals surface area contributed by atoms with E-state index >= 15 is 0 Å². The maximum atomic E-state index is 7.38. The highest BCUT2D eigenvalue weighted by molar-refractivity contribution is 6.83. The van der Waals surface area contributed by atoms with Crippen molar-refractivity contribution in [3.05, 3.63) is 11.8 Å². The average molecular weight is 571 g/mol. The first-order valence-electron chi connectivity index (χ1n) is 14.1. The molecule has 0 amide bonds. The van der Waals surface area contributed by atoms with Crippen LogP contribution in [0.1, 0.15) is 74.9 Å². The number of hydrogen-bond donors (Lipinski definition) is 0. The Labute approximate surface area is 231 Å². The summed E-state index contributed by atoms with van der Waals surface area (Å²) in [7, 11) is -2.33. The van der Waals surface area contributed by atoms with Crippen molar-refractivity contribution in [2.45, 2.75) is 122 Å². The molecule has 4 atom stereocenters. The molecule has 9 nitrogen and oxygen atoms in total. The van der Waals surface area contributed by atoms with E-state index in [1.54, 1.807) is 14.2 Å². The topological polar surface area (TPSA) is 90.4 Å². The normalized spacial score (nSPS) is 27.2. The molecule has 0 spiro atoms. The van der Waals surface area contributed by atoms with E-state index in [0.29, 0.717) is 18.9 Å². The molecular weight excluding hydrogens is 520 g/mol. The third-order valence-corrected chi connectivity index (χ3v) is 18.0. The standard InChI is InChI=1S/C27H50N2O7Si2/c1-16(2)33-26-22(13-21-14-24(30-11)29-27(28-21)31-12)25-23(34-26)15-32-37(17(3)4,18(5)6)36-38(35-25,19(7)8)20(9)10/h14,16-20,22-23,25-26H,13,15H2,1-12H3/t22-,23+,25-,26+/m0/s1. The zero-order valence-electron chi connectivity index (χ0n) is 25.4. The predicted octanol–water partition coefficient (Wildman–Crippen LogP) is 5.76. The summed E-state index contributed by atoms with van der Waals surface area (Å²) in [4.78, 5) is 8.87. The Morgan fingerprint density at radius 2 is 1.47 bits per heavy atom. The second-order valence-electron chi connectivity index (χ2n) is 12.0. The summed E-state index contributed by atoms with van der Waals surface area (Å²) in [6, 6.07) is 2.10. The molecule has 11 heteroatoms. The number of fused-ring (bicyclic) bond motifs is 1. The van der Waals surface area contributed by atoms with Crippen LogP contribution < -0.4 is 9.47 Å². The highest BCUT2D eigenvalue weighted by atomic mass is 28.5. The molecule has 3 heterocycles. The quantitative estimate of drug-likeness (QED) is 0.326. The van der Waals surface area contributed by atoms with Crippen molar-refractivity contribution < 1.29 is 31.9 Å². The summed E-state index contributed by atoms with van der Waals surface area (Å²) in [5.74, 6) is 0.321. The fraction of sp³-hybridized carbons (Fsp3) is 0.852. The van der Waals surface area contributed by atoms with E-state index in [9.17, 15) is 0 Å². The monoisotopic (exact) mass is 570 g/mol. The smallest absolute Gasteiger partial charge is 0.335 e. The van der Waals surface area contributed by atoms with Gasteiger partial charge in [-0.15, -0.1) is 0 Å². The van der Waals surface area contributed by atoms with Crippen molar-refractivity contribution in [1.82, 2.24) is 9.97 Å². The lowest BCUT2D eigenvalue weighted by Crippen LogP contribution is -2.65. The van der Waals surface area contributed by atoms with Gasteiger partial charge in [0.15, 0.2) is 6.29 Å². The molecule has 1 aromatic heterocycles. The lowest BCUT2D eigenvalue weighted by molar-refractivity contribution is -0.174. The van der Waals surface area contributed by atoms with Crippen LogP contribution in [-0.2, 0) is 28.9 Å². The van der Waals surface area contributed by atoms with Gasteiger partial charge in [-0.2, -0.15) is 4.98 Å². The van der Waals surface area contributed by atoms with Gasteiger partial charge in [0.25, 0.3) is 0 Å². The van der Waals surface area contributed by atoms with Gasteiger partial charge in [0, 0.05) is 18.4 Å². The molecule has 0 unspecified atom stereocenters. The second-order valence-corrected chi connectivity index (χ2v) is 20.9. The minimum absolute atomic E-state index is 0.0179. The molecule has 0 aromatic carbocycles. The molecule has 3 rings (SSSR count). The fourth-order valence-electron chi connectivity index (χ4n) is 5.82. The van der Waals surface area contributed by atoms with Gasteiger partial charge in [0.2, 0.25) is 5.88 Å². The first-order valence-corrected chi connectivity index (χ1v) is 18.0. The van der Waals surface area contributed by atoms with Gasteiger partial charge in [-0.25, -0.2) is 4.98 Å². The zero-order chi connectivity index (χ0) is 28.4. The van der Waals surface area contributed by atoms with Gasteiger partial charge in [0.1, 0.15) is 6.10 Å². The molecular formula is C27H50N2O7Si2. The van der Waals surface area contributed by atoms with Crippen LogP contribution in [0.2, 0.25) is 22.2 Å². The van der Waals surface area contributed by atoms with Crippen LogP contribution in [0.15, 0.2) is 6.07 Å².